The first kappa shape index (κ1) is 26.4. The molecule has 3 aromatic carbocycles. The summed E-state index contributed by atoms with van der Waals surface area (Å²) in [4.78, 5) is 7.29. The fraction of sp³-hybridized carbons (Fsp3) is 0.214. The Hall–Kier alpha value is -3.20. The number of benzene rings is 3. The van der Waals surface area contributed by atoms with Gasteiger partial charge >= 0.3 is 5.95 Å². The Morgan fingerprint density at radius 1 is 0.816 bits per heavy atom. The molecule has 1 atom stereocenters. The highest BCUT2D eigenvalue weighted by atomic mass is 79.9. The Morgan fingerprint density at radius 3 is 2.05 bits per heavy atom. The quantitative estimate of drug-likeness (QED) is 0.327. The molecule has 0 N–H and O–H groups in total. The van der Waals surface area contributed by atoms with Gasteiger partial charge in [0.1, 0.15) is 5.84 Å². The number of aryl methyl sites for hydroxylation is 2. The van der Waals surface area contributed by atoms with Crippen LogP contribution in [0.1, 0.15) is 41.2 Å². The molecule has 0 bridgehead atoms. The summed E-state index contributed by atoms with van der Waals surface area (Å²) < 4.78 is 4.12. The van der Waals surface area contributed by atoms with E-state index in [-0.39, 0.29) is 23.1 Å². The van der Waals surface area contributed by atoms with Crippen molar-refractivity contribution in [2.24, 2.45) is 10.1 Å². The minimum absolute atomic E-state index is 0. The molecule has 3 heterocycles. The molecule has 2 aliphatic rings. The maximum Gasteiger partial charge on any atom is 0.388 e. The molecule has 2 aliphatic heterocycles. The maximum atomic E-state index is 6.13. The van der Waals surface area contributed by atoms with Gasteiger partial charge in [-0.05, 0) is 54.3 Å². The molecule has 0 aliphatic carbocycles. The van der Waals surface area contributed by atoms with Gasteiger partial charge in [0, 0.05) is 22.5 Å². The number of hydrogen-bond acceptors (Lipinski definition) is 5. The minimum atomic E-state index is -0.265. The van der Waals surface area contributed by atoms with Gasteiger partial charge in [0.2, 0.25) is 12.0 Å². The Morgan fingerprint density at radius 2 is 1.42 bits per heavy atom. The average Bonchev–Trinajstić information content (AvgIpc) is 3.36. The fourth-order valence-electron chi connectivity index (χ4n) is 4.73. The number of hydrogen-bond donors (Lipinski definition) is 0. The van der Waals surface area contributed by atoms with E-state index in [1.807, 2.05) is 72.1 Å². The first-order valence-electron chi connectivity index (χ1n) is 12.1. The van der Waals surface area contributed by atoms with E-state index < -0.39 is 0 Å². The van der Waals surface area contributed by atoms with Crippen LogP contribution < -0.4 is 21.5 Å². The van der Waals surface area contributed by atoms with E-state index in [1.165, 1.54) is 5.56 Å². The highest BCUT2D eigenvalue weighted by Gasteiger charge is 2.46. The second-order valence-corrected chi connectivity index (χ2v) is 10.3. The summed E-state index contributed by atoms with van der Waals surface area (Å²) in [7, 11) is 0. The molecule has 0 radical (unpaired) electrons. The van der Waals surface area contributed by atoms with Gasteiger partial charge in [-0.2, -0.15) is 10.1 Å². The first-order valence-corrected chi connectivity index (χ1v) is 12.9. The van der Waals surface area contributed by atoms with Gasteiger partial charge in [-0.25, -0.2) is 4.57 Å². The molecule has 7 nitrogen and oxygen atoms in total. The van der Waals surface area contributed by atoms with Crippen molar-refractivity contribution in [3.63, 3.8) is 0 Å². The molecular formula is C28H26BrCl2N7. The maximum absolute atomic E-state index is 6.13. The lowest BCUT2D eigenvalue weighted by atomic mass is 10.1. The number of fused-ring (bicyclic) bond motifs is 2. The summed E-state index contributed by atoms with van der Waals surface area (Å²) in [5, 5.41) is 13.3. The SMILES string of the molecule is CC1=NN2C(=Nc3n(nc(C)[n+]3Cc3ccc(Cl)cc3)C2c2ccc(C)cc2)N1Cc1ccc(Cl)cc1.[Br-]. The van der Waals surface area contributed by atoms with Crippen LogP contribution in [0.4, 0.5) is 5.95 Å². The summed E-state index contributed by atoms with van der Waals surface area (Å²) in [5.41, 5.74) is 4.54. The van der Waals surface area contributed by atoms with Gasteiger partial charge in [-0.1, -0.05) is 87.0 Å². The third-order valence-corrected chi connectivity index (χ3v) is 7.23. The monoisotopic (exact) mass is 609 g/mol. The Balaban J connectivity index is 0.00000294. The van der Waals surface area contributed by atoms with Gasteiger partial charge in [-0.15, -0.1) is 0 Å². The van der Waals surface area contributed by atoms with E-state index in [9.17, 15) is 0 Å². The number of amidine groups is 1. The second-order valence-electron chi connectivity index (χ2n) is 9.40. The minimum Gasteiger partial charge on any atom is -1.00 e. The molecule has 1 aromatic heterocycles. The Bertz CT molecular complexity index is 1530. The van der Waals surface area contributed by atoms with Crippen molar-refractivity contribution < 1.29 is 21.5 Å². The van der Waals surface area contributed by atoms with Crippen LogP contribution in [-0.4, -0.2) is 31.5 Å². The number of rotatable bonds is 5. The summed E-state index contributed by atoms with van der Waals surface area (Å²) in [6.07, 6.45) is -0.265. The molecule has 1 unspecified atom stereocenters. The van der Waals surface area contributed by atoms with Crippen LogP contribution in [0.15, 0.2) is 82.9 Å². The van der Waals surface area contributed by atoms with Crippen molar-refractivity contribution in [2.45, 2.75) is 40.0 Å². The lowest BCUT2D eigenvalue weighted by Gasteiger charge is -2.28. The standard InChI is InChI=1S/C28H26Cl2N7.BrH/c1-18-4-10-23(11-5-18)26-36-27(34(19(2)32-36)16-21-6-12-24(29)13-7-21)31-28-35(20(3)33-37(26)28)17-22-8-14-25(30)15-9-22;/h4-15,26H,16-17H2,1-3H3;1H/q+1;/p-1. The molecule has 194 valence electrons. The van der Waals surface area contributed by atoms with E-state index in [0.29, 0.717) is 23.1 Å². The fourth-order valence-corrected chi connectivity index (χ4v) is 4.98. The molecule has 0 spiro atoms. The van der Waals surface area contributed by atoms with Crippen molar-refractivity contribution in [2.75, 3.05) is 0 Å². The zero-order valence-corrected chi connectivity index (χ0v) is 24.3. The number of hydrazone groups is 1. The van der Waals surface area contributed by atoms with Crippen LogP contribution in [0, 0.1) is 13.8 Å². The zero-order chi connectivity index (χ0) is 25.7. The predicted molar refractivity (Wildman–Crippen MR) is 146 cm³/mol. The largest absolute Gasteiger partial charge is 1.00 e. The highest BCUT2D eigenvalue weighted by molar-refractivity contribution is 6.30. The first-order chi connectivity index (χ1) is 17.9. The van der Waals surface area contributed by atoms with Gasteiger partial charge in [0.25, 0.3) is 5.96 Å². The van der Waals surface area contributed by atoms with Crippen LogP contribution in [-0.2, 0) is 13.1 Å². The van der Waals surface area contributed by atoms with Gasteiger partial charge in [0.15, 0.2) is 0 Å². The number of nitrogens with zero attached hydrogens (tertiary/aromatic N) is 7. The Labute approximate surface area is 242 Å². The van der Waals surface area contributed by atoms with Crippen LogP contribution in [0.2, 0.25) is 10.0 Å². The molecular weight excluding hydrogens is 585 g/mol. The van der Waals surface area contributed by atoms with Crippen LogP contribution >= 0.6 is 23.2 Å². The molecule has 0 saturated carbocycles. The van der Waals surface area contributed by atoms with E-state index in [1.54, 1.807) is 0 Å². The van der Waals surface area contributed by atoms with E-state index >= 15 is 0 Å². The van der Waals surface area contributed by atoms with Crippen molar-refractivity contribution >= 4 is 40.9 Å². The third kappa shape index (κ3) is 4.84. The number of halogens is 3. The molecule has 0 fully saturated rings. The highest BCUT2D eigenvalue weighted by Crippen LogP contribution is 2.35. The summed E-state index contributed by atoms with van der Waals surface area (Å²) >= 11 is 12.3. The van der Waals surface area contributed by atoms with Crippen LogP contribution in [0.5, 0.6) is 0 Å². The van der Waals surface area contributed by atoms with Crippen LogP contribution in [0.3, 0.4) is 0 Å². The van der Waals surface area contributed by atoms with E-state index in [0.717, 1.165) is 40.3 Å². The number of guanidine groups is 1. The van der Waals surface area contributed by atoms with Gasteiger partial charge in [0.05, 0.1) is 13.1 Å². The van der Waals surface area contributed by atoms with E-state index in [2.05, 4.69) is 40.7 Å². The van der Waals surface area contributed by atoms with Gasteiger partial charge in [-0.3, -0.25) is 4.90 Å². The van der Waals surface area contributed by atoms with Crippen LogP contribution in [0.25, 0.3) is 0 Å². The average molecular weight is 611 g/mol. The lowest BCUT2D eigenvalue weighted by Crippen LogP contribution is -3.00. The molecule has 6 rings (SSSR count). The summed E-state index contributed by atoms with van der Waals surface area (Å²) in [6, 6.07) is 24.3. The van der Waals surface area contributed by atoms with E-state index in [4.69, 9.17) is 38.4 Å². The summed E-state index contributed by atoms with van der Waals surface area (Å²) in [6.45, 7) is 7.38. The second kappa shape index (κ2) is 10.5. The zero-order valence-electron chi connectivity index (χ0n) is 21.2. The molecule has 38 heavy (non-hydrogen) atoms. The summed E-state index contributed by atoms with van der Waals surface area (Å²) in [5.74, 6) is 3.29. The smallest absolute Gasteiger partial charge is 0.388 e. The normalized spacial score (nSPS) is 16.0. The molecule has 10 heteroatoms. The van der Waals surface area contributed by atoms with Gasteiger partial charge < -0.3 is 17.0 Å². The number of aromatic nitrogens is 3. The molecule has 0 saturated heterocycles. The molecule has 0 amide bonds. The predicted octanol–water partition coefficient (Wildman–Crippen LogP) is 2.85. The lowest BCUT2D eigenvalue weighted by molar-refractivity contribution is -0.682. The van der Waals surface area contributed by atoms with Crippen molar-refractivity contribution in [3.8, 4) is 0 Å². The van der Waals surface area contributed by atoms with Crippen molar-refractivity contribution in [3.05, 3.63) is 111 Å². The molecule has 4 aromatic rings. The Kier molecular flexibility index (Phi) is 7.31. The van der Waals surface area contributed by atoms with Crippen molar-refractivity contribution in [1.29, 1.82) is 0 Å². The number of aliphatic imine (C=N–C) groups is 1. The third-order valence-electron chi connectivity index (χ3n) is 6.73. The topological polar surface area (TPSA) is 52.9 Å². The van der Waals surface area contributed by atoms with Crippen molar-refractivity contribution in [1.82, 2.24) is 19.7 Å².